The van der Waals surface area contributed by atoms with Crippen molar-refractivity contribution in [3.05, 3.63) is 29.8 Å². The van der Waals surface area contributed by atoms with Crippen LogP contribution in [0.4, 0.5) is 11.9 Å². The summed E-state index contributed by atoms with van der Waals surface area (Å²) in [4.78, 5) is 14.0. The summed E-state index contributed by atoms with van der Waals surface area (Å²) in [6.07, 6.45) is 1.11. The van der Waals surface area contributed by atoms with Crippen molar-refractivity contribution in [2.24, 2.45) is 0 Å². The molecule has 0 spiro atoms. The van der Waals surface area contributed by atoms with Crippen LogP contribution in [-0.4, -0.2) is 29.0 Å². The van der Waals surface area contributed by atoms with Crippen LogP contribution in [0.3, 0.4) is 0 Å². The third-order valence-electron chi connectivity index (χ3n) is 3.29. The van der Waals surface area contributed by atoms with Gasteiger partial charge in [-0.1, -0.05) is 26.0 Å². The summed E-state index contributed by atoms with van der Waals surface area (Å²) in [5.74, 6) is 1.82. The van der Waals surface area contributed by atoms with Crippen LogP contribution in [0.5, 0.6) is 11.8 Å². The summed E-state index contributed by atoms with van der Waals surface area (Å²) >= 11 is 0. The summed E-state index contributed by atoms with van der Waals surface area (Å²) in [7, 11) is 3.67. The monoisotopic (exact) mass is 287 g/mol. The fraction of sp³-hybridized carbons (Fsp3) is 0.400. The zero-order valence-corrected chi connectivity index (χ0v) is 12.9. The predicted octanol–water partition coefficient (Wildman–Crippen LogP) is 2.83. The molecule has 2 N–H and O–H groups in total. The van der Waals surface area contributed by atoms with E-state index in [0.29, 0.717) is 17.6 Å². The first-order chi connectivity index (χ1) is 9.99. The largest absolute Gasteiger partial charge is 0.424 e. The lowest BCUT2D eigenvalue weighted by molar-refractivity contribution is 0.440. The lowest BCUT2D eigenvalue weighted by Crippen LogP contribution is -2.15. The van der Waals surface area contributed by atoms with Gasteiger partial charge >= 0.3 is 6.01 Å². The molecule has 0 amide bonds. The fourth-order valence-electron chi connectivity index (χ4n) is 1.81. The van der Waals surface area contributed by atoms with Gasteiger partial charge in [0.25, 0.3) is 0 Å². The Balaban J connectivity index is 2.18. The number of nitrogens with zero attached hydrogens (tertiary/aromatic N) is 4. The Labute approximate surface area is 125 Å². The van der Waals surface area contributed by atoms with Crippen molar-refractivity contribution in [1.29, 1.82) is 0 Å². The quantitative estimate of drug-likeness (QED) is 0.911. The Morgan fingerprint density at radius 2 is 1.81 bits per heavy atom. The Kier molecular flexibility index (Phi) is 4.57. The average Bonchev–Trinajstić information content (AvgIpc) is 2.46. The number of nitrogens with two attached hydrogens (primary N) is 1. The normalized spacial score (nSPS) is 12.0. The van der Waals surface area contributed by atoms with Crippen molar-refractivity contribution in [1.82, 2.24) is 15.0 Å². The molecule has 21 heavy (non-hydrogen) atoms. The minimum atomic E-state index is 0.139. The summed E-state index contributed by atoms with van der Waals surface area (Å²) < 4.78 is 5.65. The van der Waals surface area contributed by atoms with E-state index in [2.05, 4.69) is 40.9 Å². The number of rotatable bonds is 5. The zero-order chi connectivity index (χ0) is 15.4. The van der Waals surface area contributed by atoms with Crippen LogP contribution in [0.2, 0.25) is 0 Å². The van der Waals surface area contributed by atoms with Gasteiger partial charge in [0.2, 0.25) is 11.9 Å². The molecule has 1 heterocycles. The lowest BCUT2D eigenvalue weighted by atomic mass is 9.99. The van der Waals surface area contributed by atoms with E-state index in [1.165, 1.54) is 5.56 Å². The molecule has 6 heteroatoms. The lowest BCUT2D eigenvalue weighted by Gasteiger charge is -2.12. The van der Waals surface area contributed by atoms with Gasteiger partial charge in [-0.05, 0) is 30.0 Å². The first-order valence-electron chi connectivity index (χ1n) is 6.96. The highest BCUT2D eigenvalue weighted by molar-refractivity contribution is 5.36. The third kappa shape index (κ3) is 3.81. The molecule has 1 atom stereocenters. The second kappa shape index (κ2) is 6.39. The third-order valence-corrected chi connectivity index (χ3v) is 3.29. The molecule has 2 aromatic rings. The van der Waals surface area contributed by atoms with Gasteiger partial charge in [-0.15, -0.1) is 0 Å². The highest BCUT2D eigenvalue weighted by atomic mass is 16.5. The van der Waals surface area contributed by atoms with Crippen molar-refractivity contribution < 1.29 is 4.74 Å². The first-order valence-corrected chi connectivity index (χ1v) is 6.96. The maximum Gasteiger partial charge on any atom is 0.328 e. The van der Waals surface area contributed by atoms with Crippen molar-refractivity contribution in [2.75, 3.05) is 24.7 Å². The predicted molar refractivity (Wildman–Crippen MR) is 83.8 cm³/mol. The molecule has 0 bridgehead atoms. The van der Waals surface area contributed by atoms with Crippen LogP contribution in [-0.2, 0) is 0 Å². The molecule has 0 radical (unpaired) electrons. The topological polar surface area (TPSA) is 77.2 Å². The van der Waals surface area contributed by atoms with Crippen molar-refractivity contribution in [2.45, 2.75) is 26.2 Å². The molecule has 0 fully saturated rings. The Morgan fingerprint density at radius 3 is 2.38 bits per heavy atom. The number of ether oxygens (including phenoxy) is 1. The van der Waals surface area contributed by atoms with E-state index in [0.717, 1.165) is 6.42 Å². The summed E-state index contributed by atoms with van der Waals surface area (Å²) in [6.45, 7) is 4.37. The summed E-state index contributed by atoms with van der Waals surface area (Å²) in [5, 5.41) is 0. The minimum Gasteiger partial charge on any atom is -0.424 e. The van der Waals surface area contributed by atoms with E-state index in [-0.39, 0.29) is 12.0 Å². The van der Waals surface area contributed by atoms with Crippen molar-refractivity contribution in [3.8, 4) is 11.8 Å². The number of nitrogen functional groups attached to an aromatic ring is 1. The summed E-state index contributed by atoms with van der Waals surface area (Å²) in [5.41, 5.74) is 6.95. The van der Waals surface area contributed by atoms with Gasteiger partial charge in [0.05, 0.1) is 0 Å². The fourth-order valence-corrected chi connectivity index (χ4v) is 1.81. The van der Waals surface area contributed by atoms with Gasteiger partial charge in [-0.3, -0.25) is 0 Å². The number of benzene rings is 1. The molecule has 0 aliphatic rings. The number of anilines is 2. The molecule has 1 aromatic carbocycles. The van der Waals surface area contributed by atoms with Crippen LogP contribution in [0, 0.1) is 0 Å². The van der Waals surface area contributed by atoms with Gasteiger partial charge in [-0.2, -0.15) is 15.0 Å². The number of hydrogen-bond donors (Lipinski definition) is 1. The maximum atomic E-state index is 5.66. The number of hydrogen-bond acceptors (Lipinski definition) is 6. The molecule has 1 unspecified atom stereocenters. The Bertz CT molecular complexity index is 598. The van der Waals surface area contributed by atoms with Gasteiger partial charge in [0, 0.05) is 14.1 Å². The first kappa shape index (κ1) is 15.0. The molecular formula is C15H21N5O. The van der Waals surface area contributed by atoms with Crippen LogP contribution in [0.15, 0.2) is 24.3 Å². The molecule has 0 saturated heterocycles. The van der Waals surface area contributed by atoms with Crippen molar-refractivity contribution >= 4 is 11.9 Å². The number of aromatic nitrogens is 3. The molecule has 1 aromatic heterocycles. The molecule has 112 valence electrons. The zero-order valence-electron chi connectivity index (χ0n) is 12.9. The molecule has 0 aliphatic heterocycles. The van der Waals surface area contributed by atoms with E-state index < -0.39 is 0 Å². The van der Waals surface area contributed by atoms with Crippen LogP contribution in [0.1, 0.15) is 31.7 Å². The van der Waals surface area contributed by atoms with Gasteiger partial charge in [0.15, 0.2) is 0 Å². The molecule has 6 nitrogen and oxygen atoms in total. The molecular weight excluding hydrogens is 266 g/mol. The van der Waals surface area contributed by atoms with Gasteiger partial charge in [-0.25, -0.2) is 0 Å². The average molecular weight is 287 g/mol. The highest BCUT2D eigenvalue weighted by Crippen LogP contribution is 2.24. The molecule has 0 aliphatic carbocycles. The molecule has 2 rings (SSSR count). The highest BCUT2D eigenvalue weighted by Gasteiger charge is 2.09. The van der Waals surface area contributed by atoms with E-state index in [1.807, 2.05) is 26.2 Å². The molecule has 0 saturated carbocycles. The van der Waals surface area contributed by atoms with E-state index in [1.54, 1.807) is 4.90 Å². The van der Waals surface area contributed by atoms with Crippen LogP contribution >= 0.6 is 0 Å². The van der Waals surface area contributed by atoms with Crippen molar-refractivity contribution in [3.63, 3.8) is 0 Å². The van der Waals surface area contributed by atoms with Gasteiger partial charge in [0.1, 0.15) is 5.75 Å². The van der Waals surface area contributed by atoms with E-state index in [4.69, 9.17) is 10.5 Å². The standard InChI is InChI=1S/C15H21N5O/c1-5-10(2)11-6-8-12(9-7-11)21-15-18-13(16)17-14(19-15)20(3)4/h6-10H,5H2,1-4H3,(H2,16,17,18,19). The Morgan fingerprint density at radius 1 is 1.14 bits per heavy atom. The SMILES string of the molecule is CCC(C)c1ccc(Oc2nc(N)nc(N(C)C)n2)cc1. The Hall–Kier alpha value is -2.37. The van der Waals surface area contributed by atoms with Crippen LogP contribution in [0.25, 0.3) is 0 Å². The second-order valence-corrected chi connectivity index (χ2v) is 5.15. The minimum absolute atomic E-state index is 0.139. The van der Waals surface area contributed by atoms with Gasteiger partial charge < -0.3 is 15.4 Å². The smallest absolute Gasteiger partial charge is 0.328 e. The van der Waals surface area contributed by atoms with E-state index in [9.17, 15) is 0 Å². The summed E-state index contributed by atoms with van der Waals surface area (Å²) in [6, 6.07) is 8.14. The van der Waals surface area contributed by atoms with Crippen LogP contribution < -0.4 is 15.4 Å². The second-order valence-electron chi connectivity index (χ2n) is 5.15. The maximum absolute atomic E-state index is 5.66. The van der Waals surface area contributed by atoms with E-state index >= 15 is 0 Å².